The molecule has 0 spiro atoms. The molecule has 1 rings (SSSR count). The number of hydrogen-bond donors (Lipinski definition) is 1. The highest BCUT2D eigenvalue weighted by atomic mass is 35.5. The molecule has 1 aromatic rings. The van der Waals surface area contributed by atoms with E-state index in [1.165, 1.54) is 5.56 Å². The summed E-state index contributed by atoms with van der Waals surface area (Å²) in [5, 5.41) is 3.28. The van der Waals surface area contributed by atoms with Crippen molar-refractivity contribution in [2.45, 2.75) is 32.6 Å². The number of aromatic nitrogens is 1. The maximum atomic E-state index is 5.51. The Morgan fingerprint density at radius 1 is 1.28 bits per heavy atom. The molecule has 0 amide bonds. The zero-order valence-electron chi connectivity index (χ0n) is 11.5. The zero-order valence-corrected chi connectivity index (χ0v) is 12.3. The van der Waals surface area contributed by atoms with Crippen molar-refractivity contribution in [2.75, 3.05) is 31.0 Å². The molecule has 0 aliphatic carbocycles. The minimum absolute atomic E-state index is 0.154. The summed E-state index contributed by atoms with van der Waals surface area (Å²) in [6, 6.07) is 4.15. The molecule has 0 atom stereocenters. The van der Waals surface area contributed by atoms with Gasteiger partial charge in [0.05, 0.1) is 6.61 Å². The molecule has 0 saturated carbocycles. The predicted molar refractivity (Wildman–Crippen MR) is 77.6 cm³/mol. The van der Waals surface area contributed by atoms with E-state index in [1.54, 1.807) is 0 Å². The second-order valence-electron chi connectivity index (χ2n) is 5.26. The molecule has 0 radical (unpaired) electrons. The van der Waals surface area contributed by atoms with Crippen LogP contribution in [-0.2, 0) is 10.2 Å². The summed E-state index contributed by atoms with van der Waals surface area (Å²) in [5.74, 6) is 1.48. The molecule has 0 aliphatic rings. The fraction of sp³-hybridized carbons (Fsp3) is 0.643. The molecule has 1 N–H and O–H groups in total. The van der Waals surface area contributed by atoms with Crippen molar-refractivity contribution < 1.29 is 4.74 Å². The van der Waals surface area contributed by atoms with E-state index in [2.05, 4.69) is 37.1 Å². The van der Waals surface area contributed by atoms with Crippen molar-refractivity contribution in [3.8, 4) is 0 Å². The number of ether oxygens (including phenoxy) is 1. The number of halogens is 1. The number of pyridine rings is 1. The summed E-state index contributed by atoms with van der Waals surface area (Å²) in [5.41, 5.74) is 1.40. The Labute approximate surface area is 115 Å². The lowest BCUT2D eigenvalue weighted by molar-refractivity contribution is 0.149. The van der Waals surface area contributed by atoms with E-state index in [-0.39, 0.29) is 5.41 Å². The molecule has 102 valence electrons. The molecule has 3 nitrogen and oxygen atoms in total. The number of hydrogen-bond acceptors (Lipinski definition) is 3. The minimum Gasteiger partial charge on any atom is -0.380 e. The summed E-state index contributed by atoms with van der Waals surface area (Å²) in [7, 11) is 0. The first-order chi connectivity index (χ1) is 8.54. The van der Waals surface area contributed by atoms with Gasteiger partial charge in [-0.25, -0.2) is 4.98 Å². The van der Waals surface area contributed by atoms with Gasteiger partial charge in [-0.15, -0.1) is 11.6 Å². The number of nitrogens with one attached hydrogen (secondary N) is 1. The lowest BCUT2D eigenvalue weighted by atomic mass is 9.88. The minimum atomic E-state index is 0.154. The lowest BCUT2D eigenvalue weighted by Crippen LogP contribution is -2.12. The Balaban J connectivity index is 2.27. The van der Waals surface area contributed by atoms with Crippen molar-refractivity contribution >= 4 is 17.4 Å². The topological polar surface area (TPSA) is 34.1 Å². The first-order valence-corrected chi connectivity index (χ1v) is 6.91. The summed E-state index contributed by atoms with van der Waals surface area (Å²) in [4.78, 5) is 4.41. The van der Waals surface area contributed by atoms with Gasteiger partial charge in [0.15, 0.2) is 0 Å². The Morgan fingerprint density at radius 3 is 2.61 bits per heavy atom. The van der Waals surface area contributed by atoms with Crippen LogP contribution in [0.2, 0.25) is 0 Å². The van der Waals surface area contributed by atoms with Crippen LogP contribution in [0.3, 0.4) is 0 Å². The second-order valence-corrected chi connectivity index (χ2v) is 5.64. The molecule has 4 heteroatoms. The van der Waals surface area contributed by atoms with Gasteiger partial charge in [0, 0.05) is 25.2 Å². The molecule has 18 heavy (non-hydrogen) atoms. The summed E-state index contributed by atoms with van der Waals surface area (Å²) in [6.45, 7) is 8.78. The molecule has 0 unspecified atom stereocenters. The monoisotopic (exact) mass is 270 g/mol. The first kappa shape index (κ1) is 15.3. The van der Waals surface area contributed by atoms with Crippen molar-refractivity contribution in [3.05, 3.63) is 23.9 Å². The second kappa shape index (κ2) is 7.59. The van der Waals surface area contributed by atoms with Crippen LogP contribution in [-0.4, -0.2) is 30.6 Å². The van der Waals surface area contributed by atoms with E-state index in [0.29, 0.717) is 12.5 Å². The van der Waals surface area contributed by atoms with Crippen LogP contribution in [0.15, 0.2) is 18.3 Å². The third-order valence-corrected chi connectivity index (χ3v) is 2.78. The molecule has 0 saturated heterocycles. The highest BCUT2D eigenvalue weighted by Gasteiger charge is 2.13. The van der Waals surface area contributed by atoms with Crippen molar-refractivity contribution in [1.82, 2.24) is 4.98 Å². The fourth-order valence-electron chi connectivity index (χ4n) is 1.49. The quantitative estimate of drug-likeness (QED) is 0.609. The van der Waals surface area contributed by atoms with Gasteiger partial charge in [-0.05, 0) is 23.5 Å². The smallest absolute Gasteiger partial charge is 0.125 e. The molecule has 0 aromatic carbocycles. The van der Waals surface area contributed by atoms with Crippen molar-refractivity contribution in [1.29, 1.82) is 0 Å². The fourth-order valence-corrected chi connectivity index (χ4v) is 1.60. The number of anilines is 1. The van der Waals surface area contributed by atoms with Crippen LogP contribution in [0, 0.1) is 0 Å². The normalized spacial score (nSPS) is 11.6. The van der Waals surface area contributed by atoms with E-state index in [4.69, 9.17) is 16.3 Å². The average Bonchev–Trinajstić information content (AvgIpc) is 2.33. The SMILES string of the molecule is CC(C)(C)c1ccc(NCCCOCCCl)nc1. The lowest BCUT2D eigenvalue weighted by Gasteiger charge is -2.18. The molecule has 0 bridgehead atoms. The maximum Gasteiger partial charge on any atom is 0.125 e. The first-order valence-electron chi connectivity index (χ1n) is 6.38. The maximum absolute atomic E-state index is 5.51. The summed E-state index contributed by atoms with van der Waals surface area (Å²) >= 11 is 5.51. The van der Waals surface area contributed by atoms with Crippen molar-refractivity contribution in [3.63, 3.8) is 0 Å². The average molecular weight is 271 g/mol. The van der Waals surface area contributed by atoms with Gasteiger partial charge in [0.1, 0.15) is 5.82 Å². The van der Waals surface area contributed by atoms with Crippen LogP contribution in [0.5, 0.6) is 0 Å². The highest BCUT2D eigenvalue weighted by molar-refractivity contribution is 6.17. The summed E-state index contributed by atoms with van der Waals surface area (Å²) in [6.07, 6.45) is 2.89. The van der Waals surface area contributed by atoms with Gasteiger partial charge in [-0.2, -0.15) is 0 Å². The standard InChI is InChI=1S/C14H23ClN2O/c1-14(2,3)12-5-6-13(17-11-12)16-8-4-9-18-10-7-15/h5-6,11H,4,7-10H2,1-3H3,(H,16,17). The van der Waals surface area contributed by atoms with Crippen molar-refractivity contribution in [2.24, 2.45) is 0 Å². The van der Waals surface area contributed by atoms with Gasteiger partial charge < -0.3 is 10.1 Å². The molecule has 0 aliphatic heterocycles. The number of nitrogens with zero attached hydrogens (tertiary/aromatic N) is 1. The van der Waals surface area contributed by atoms with Crippen LogP contribution in [0.4, 0.5) is 5.82 Å². The van der Waals surface area contributed by atoms with E-state index in [0.717, 1.165) is 25.4 Å². The zero-order chi connectivity index (χ0) is 13.4. The Bertz CT molecular complexity index is 333. The Morgan fingerprint density at radius 2 is 2.06 bits per heavy atom. The van der Waals surface area contributed by atoms with E-state index >= 15 is 0 Å². The van der Waals surface area contributed by atoms with E-state index in [1.807, 2.05) is 12.3 Å². The van der Waals surface area contributed by atoms with Gasteiger partial charge in [0.25, 0.3) is 0 Å². The van der Waals surface area contributed by atoms with Crippen LogP contribution in [0.25, 0.3) is 0 Å². The molecular formula is C14H23ClN2O. The van der Waals surface area contributed by atoms with Crippen LogP contribution in [0.1, 0.15) is 32.8 Å². The third kappa shape index (κ3) is 5.69. The Kier molecular flexibility index (Phi) is 6.44. The third-order valence-electron chi connectivity index (χ3n) is 2.62. The highest BCUT2D eigenvalue weighted by Crippen LogP contribution is 2.21. The van der Waals surface area contributed by atoms with E-state index in [9.17, 15) is 0 Å². The molecular weight excluding hydrogens is 248 g/mol. The predicted octanol–water partition coefficient (Wildman–Crippen LogP) is 3.44. The molecule has 0 fully saturated rings. The molecule has 1 aromatic heterocycles. The van der Waals surface area contributed by atoms with Gasteiger partial charge >= 0.3 is 0 Å². The van der Waals surface area contributed by atoms with Gasteiger partial charge in [0.2, 0.25) is 0 Å². The molecule has 1 heterocycles. The van der Waals surface area contributed by atoms with Crippen LogP contribution < -0.4 is 5.32 Å². The van der Waals surface area contributed by atoms with E-state index < -0.39 is 0 Å². The number of rotatable bonds is 7. The Hall–Kier alpha value is -0.800. The van der Waals surface area contributed by atoms with Gasteiger partial charge in [-0.3, -0.25) is 0 Å². The van der Waals surface area contributed by atoms with Crippen LogP contribution >= 0.6 is 11.6 Å². The largest absolute Gasteiger partial charge is 0.380 e. The number of alkyl halides is 1. The van der Waals surface area contributed by atoms with Gasteiger partial charge in [-0.1, -0.05) is 26.8 Å². The summed E-state index contributed by atoms with van der Waals surface area (Å²) < 4.78 is 5.29.